The van der Waals surface area contributed by atoms with Gasteiger partial charge in [0, 0.05) is 42.0 Å². The van der Waals surface area contributed by atoms with Crippen LogP contribution in [0, 0.1) is 25.7 Å². The van der Waals surface area contributed by atoms with Crippen LogP contribution in [0.3, 0.4) is 0 Å². The maximum absolute atomic E-state index is 13.6. The van der Waals surface area contributed by atoms with Crippen molar-refractivity contribution >= 4 is 40.3 Å². The van der Waals surface area contributed by atoms with Crippen molar-refractivity contribution in [2.45, 2.75) is 52.4 Å². The van der Waals surface area contributed by atoms with Gasteiger partial charge in [0.2, 0.25) is 0 Å². The number of aryl methyl sites for hydroxylation is 1. The molecule has 230 valence electrons. The molecule has 0 bridgehead atoms. The van der Waals surface area contributed by atoms with Crippen LogP contribution in [-0.4, -0.2) is 27.8 Å². The third-order valence-corrected chi connectivity index (χ3v) is 9.35. The zero-order chi connectivity index (χ0) is 31.3. The van der Waals surface area contributed by atoms with Crippen LogP contribution >= 0.6 is 23.8 Å². The van der Waals surface area contributed by atoms with E-state index >= 15 is 0 Å². The van der Waals surface area contributed by atoms with Crippen molar-refractivity contribution in [3.05, 3.63) is 106 Å². The van der Waals surface area contributed by atoms with E-state index in [0.717, 1.165) is 53.2 Å². The maximum atomic E-state index is 13.6. The number of alkyl halides is 3. The molecule has 44 heavy (non-hydrogen) atoms. The van der Waals surface area contributed by atoms with E-state index in [1.54, 1.807) is 12.3 Å². The number of nitrogens with zero attached hydrogens (tertiary/aromatic N) is 4. The van der Waals surface area contributed by atoms with Gasteiger partial charge in [0.25, 0.3) is 0 Å². The third-order valence-electron chi connectivity index (χ3n) is 8.74. The van der Waals surface area contributed by atoms with E-state index in [9.17, 15) is 13.2 Å². The summed E-state index contributed by atoms with van der Waals surface area (Å²) in [7, 11) is 0. The van der Waals surface area contributed by atoms with Crippen LogP contribution in [0.25, 0.3) is 5.69 Å². The molecule has 4 atom stereocenters. The fraction of sp³-hybridized carbons (Fsp3) is 0.353. The number of nitrogens with one attached hydrogen (secondary N) is 1. The fourth-order valence-electron chi connectivity index (χ4n) is 7.02. The monoisotopic (exact) mass is 637 g/mol. The van der Waals surface area contributed by atoms with Crippen LogP contribution in [-0.2, 0) is 6.18 Å². The quantitative estimate of drug-likeness (QED) is 0.221. The Balaban J connectivity index is 1.44. The van der Waals surface area contributed by atoms with Crippen molar-refractivity contribution in [1.29, 1.82) is 0 Å². The molecule has 0 aliphatic carbocycles. The van der Waals surface area contributed by atoms with Crippen LogP contribution in [0.2, 0.25) is 5.02 Å². The summed E-state index contributed by atoms with van der Waals surface area (Å²) in [5.74, 6) is 1.17. The normalized spacial score (nSPS) is 22.4. The summed E-state index contributed by atoms with van der Waals surface area (Å²) in [6, 6.07) is 18.7. The molecule has 0 radical (unpaired) electrons. The molecular weight excluding hydrogens is 603 g/mol. The molecule has 6 rings (SSSR count). The molecule has 2 aromatic heterocycles. The van der Waals surface area contributed by atoms with Gasteiger partial charge < -0.3 is 19.7 Å². The van der Waals surface area contributed by atoms with Crippen molar-refractivity contribution in [2.24, 2.45) is 11.8 Å². The molecule has 0 unspecified atom stereocenters. The number of halogens is 4. The molecule has 2 aromatic carbocycles. The summed E-state index contributed by atoms with van der Waals surface area (Å²) >= 11 is 12.9. The maximum Gasteiger partial charge on any atom is 0.416 e. The summed E-state index contributed by atoms with van der Waals surface area (Å²) in [4.78, 5) is 9.07. The van der Waals surface area contributed by atoms with Crippen LogP contribution < -0.4 is 15.1 Å². The molecule has 5 nitrogen and oxygen atoms in total. The third kappa shape index (κ3) is 5.68. The lowest BCUT2D eigenvalue weighted by atomic mass is 9.91. The van der Waals surface area contributed by atoms with Gasteiger partial charge in [0.15, 0.2) is 5.11 Å². The first-order chi connectivity index (χ1) is 20.9. The molecule has 2 saturated heterocycles. The topological polar surface area (TPSA) is 36.3 Å². The van der Waals surface area contributed by atoms with E-state index in [1.165, 1.54) is 18.6 Å². The second-order valence-corrected chi connectivity index (χ2v) is 13.0. The number of piperidine rings is 1. The van der Waals surface area contributed by atoms with E-state index < -0.39 is 11.7 Å². The van der Waals surface area contributed by atoms with Gasteiger partial charge >= 0.3 is 6.18 Å². The largest absolute Gasteiger partial charge is 0.416 e. The molecule has 2 aliphatic heterocycles. The average Bonchev–Trinajstić information content (AvgIpc) is 3.47. The highest BCUT2D eigenvalue weighted by molar-refractivity contribution is 7.80. The van der Waals surface area contributed by atoms with Gasteiger partial charge in [0.05, 0.1) is 34.1 Å². The Kier molecular flexibility index (Phi) is 8.13. The van der Waals surface area contributed by atoms with Crippen LogP contribution in [0.5, 0.6) is 0 Å². The standard InChI is InChI=1S/C34H35ClF3N5S/c1-20-14-21(2)19-41(18-20)30-12-11-26(17-28(30)35)43-32(31(40-33(43)44)29-10-5-6-13-39-29)27-15-22(3)42(23(27)4)25-9-7-8-24(16-25)34(36,37)38/h5-13,15-17,20-21,31-32H,14,18-19H2,1-4H3,(H,40,44)/t20-,21+,31-,32+/m1/s1. The molecule has 4 heterocycles. The molecule has 2 fully saturated rings. The summed E-state index contributed by atoms with van der Waals surface area (Å²) in [6.45, 7) is 10.3. The second kappa shape index (κ2) is 11.7. The van der Waals surface area contributed by atoms with Crippen molar-refractivity contribution in [2.75, 3.05) is 22.9 Å². The zero-order valence-corrected chi connectivity index (χ0v) is 26.6. The number of thiocarbonyl (C=S) groups is 1. The Bertz CT molecular complexity index is 1680. The van der Waals surface area contributed by atoms with Gasteiger partial charge in [-0.05, 0) is 104 Å². The molecule has 1 N–H and O–H groups in total. The summed E-state index contributed by atoms with van der Waals surface area (Å²) in [5, 5.41) is 4.66. The molecule has 0 saturated carbocycles. The number of hydrogen-bond donors (Lipinski definition) is 1. The predicted octanol–water partition coefficient (Wildman–Crippen LogP) is 8.82. The fourth-order valence-corrected chi connectivity index (χ4v) is 7.66. The Labute approximate surface area is 266 Å². The predicted molar refractivity (Wildman–Crippen MR) is 175 cm³/mol. The Morgan fingerprint density at radius 1 is 0.932 bits per heavy atom. The first-order valence-electron chi connectivity index (χ1n) is 14.8. The zero-order valence-electron chi connectivity index (χ0n) is 25.1. The number of aromatic nitrogens is 2. The van der Waals surface area contributed by atoms with Gasteiger partial charge in [-0.2, -0.15) is 13.2 Å². The molecule has 0 amide bonds. The lowest BCUT2D eigenvalue weighted by Crippen LogP contribution is -2.38. The minimum absolute atomic E-state index is 0.304. The van der Waals surface area contributed by atoms with Crippen molar-refractivity contribution in [3.63, 3.8) is 0 Å². The van der Waals surface area contributed by atoms with Gasteiger partial charge in [0.1, 0.15) is 0 Å². The van der Waals surface area contributed by atoms with Crippen molar-refractivity contribution < 1.29 is 13.2 Å². The smallest absolute Gasteiger partial charge is 0.370 e. The van der Waals surface area contributed by atoms with Gasteiger partial charge in [-0.3, -0.25) is 4.98 Å². The summed E-state index contributed by atoms with van der Waals surface area (Å²) in [6.07, 6.45) is -1.49. The van der Waals surface area contributed by atoms with Gasteiger partial charge in [-0.1, -0.05) is 37.6 Å². The minimum atomic E-state index is -4.44. The van der Waals surface area contributed by atoms with Gasteiger partial charge in [-0.15, -0.1) is 0 Å². The van der Waals surface area contributed by atoms with E-state index in [1.807, 2.05) is 48.7 Å². The van der Waals surface area contributed by atoms with Crippen molar-refractivity contribution in [1.82, 2.24) is 14.9 Å². The highest BCUT2D eigenvalue weighted by Gasteiger charge is 2.42. The van der Waals surface area contributed by atoms with Crippen molar-refractivity contribution in [3.8, 4) is 5.69 Å². The summed E-state index contributed by atoms with van der Waals surface area (Å²) < 4.78 is 42.7. The SMILES string of the molecule is Cc1cc([C@H]2[C@@H](c3ccccn3)NC(=S)N2c2ccc(N3C[C@H](C)C[C@H](C)C3)c(Cl)c2)c(C)n1-c1cccc(C(F)(F)F)c1. The lowest BCUT2D eigenvalue weighted by molar-refractivity contribution is -0.137. The number of anilines is 2. The van der Waals surface area contributed by atoms with E-state index in [4.69, 9.17) is 23.8 Å². The number of rotatable bonds is 5. The number of hydrogen-bond acceptors (Lipinski definition) is 3. The van der Waals surface area contributed by atoms with Crippen LogP contribution in [0.4, 0.5) is 24.5 Å². The van der Waals surface area contributed by atoms with Crippen LogP contribution in [0.1, 0.15) is 60.6 Å². The Morgan fingerprint density at radius 2 is 1.68 bits per heavy atom. The first-order valence-corrected chi connectivity index (χ1v) is 15.6. The molecule has 2 aliphatic rings. The molecule has 4 aromatic rings. The van der Waals surface area contributed by atoms with Crippen LogP contribution in [0.15, 0.2) is 72.9 Å². The summed E-state index contributed by atoms with van der Waals surface area (Å²) in [5.41, 5.74) is 4.99. The number of benzene rings is 2. The lowest BCUT2D eigenvalue weighted by Gasteiger charge is -2.37. The second-order valence-electron chi connectivity index (χ2n) is 12.2. The van der Waals surface area contributed by atoms with E-state index in [2.05, 4.69) is 46.1 Å². The van der Waals surface area contributed by atoms with E-state index in [0.29, 0.717) is 27.7 Å². The molecule has 10 heteroatoms. The molecule has 0 spiro atoms. The average molecular weight is 638 g/mol. The minimum Gasteiger partial charge on any atom is -0.370 e. The Hall–Kier alpha value is -3.56. The number of pyridine rings is 1. The highest BCUT2D eigenvalue weighted by atomic mass is 35.5. The highest BCUT2D eigenvalue weighted by Crippen LogP contribution is 2.45. The molecular formula is C34H35ClF3N5S. The van der Waals surface area contributed by atoms with Gasteiger partial charge in [-0.25, -0.2) is 0 Å². The van der Waals surface area contributed by atoms with E-state index in [-0.39, 0.29) is 12.1 Å². The Morgan fingerprint density at radius 3 is 2.34 bits per heavy atom. The first kappa shape index (κ1) is 30.5.